The van der Waals surface area contributed by atoms with Crippen LogP contribution in [0.4, 0.5) is 0 Å². The first-order valence-electron chi connectivity index (χ1n) is 12.7. The molecule has 0 aromatic rings. The summed E-state index contributed by atoms with van der Waals surface area (Å²) in [5.74, 6) is 5.27. The van der Waals surface area contributed by atoms with Crippen LogP contribution in [0.5, 0.6) is 0 Å². The first-order chi connectivity index (χ1) is 13.7. The van der Waals surface area contributed by atoms with E-state index in [4.69, 9.17) is 12.6 Å². The Bertz CT molecular complexity index is 626. The lowest BCUT2D eigenvalue weighted by Crippen LogP contribution is -2.52. The Hall–Kier alpha value is 0.0500. The Labute approximate surface area is 185 Å². The molecule has 0 heterocycles. The molecule has 0 amide bonds. The molecule has 166 valence electrons. The van der Waals surface area contributed by atoms with Crippen molar-refractivity contribution in [2.24, 2.45) is 46.3 Å². The van der Waals surface area contributed by atoms with E-state index in [9.17, 15) is 5.11 Å². The number of fused-ring (bicyclic) bond motifs is 5. The van der Waals surface area contributed by atoms with Gasteiger partial charge in [-0.05, 0) is 91.3 Å². The van der Waals surface area contributed by atoms with Crippen LogP contribution in [0.3, 0.4) is 0 Å². The summed E-state index contributed by atoms with van der Waals surface area (Å²) in [4.78, 5) is 0. The molecule has 3 fully saturated rings. The van der Waals surface area contributed by atoms with E-state index < -0.39 is 0 Å². The van der Waals surface area contributed by atoms with Gasteiger partial charge in [-0.15, -0.1) is 0 Å². The Kier molecular flexibility index (Phi) is 6.29. The van der Waals surface area contributed by atoms with Crippen LogP contribution in [0.1, 0.15) is 98.8 Å². The fourth-order valence-electron chi connectivity index (χ4n) is 8.71. The summed E-state index contributed by atoms with van der Waals surface area (Å²) in [6, 6.07) is 0. The maximum Gasteiger partial charge on any atom is 0.0693 e. The summed E-state index contributed by atoms with van der Waals surface area (Å²) in [6.07, 6.45) is 15.5. The molecule has 1 N–H and O–H groups in total. The van der Waals surface area contributed by atoms with Crippen molar-refractivity contribution in [3.05, 3.63) is 11.6 Å². The zero-order valence-electron chi connectivity index (χ0n) is 19.7. The molecule has 0 spiro atoms. The number of rotatable bonds is 5. The van der Waals surface area contributed by atoms with E-state index in [1.165, 1.54) is 51.4 Å². The average Bonchev–Trinajstić information content (AvgIpc) is 3.00. The Morgan fingerprint density at radius 2 is 1.86 bits per heavy atom. The molecule has 0 aromatic heterocycles. The Balaban J connectivity index is 1.50. The molecule has 3 saturated carbocycles. The maximum absolute atomic E-state index is 10.4. The normalized spacial score (nSPS) is 47.9. The fraction of sp³-hybridized carbons (Fsp3) is 0.926. The van der Waals surface area contributed by atoms with Crippen molar-refractivity contribution in [1.29, 1.82) is 0 Å². The van der Waals surface area contributed by atoms with Crippen molar-refractivity contribution in [3.8, 4) is 0 Å². The van der Waals surface area contributed by atoms with Gasteiger partial charge in [0.05, 0.1) is 6.10 Å². The Morgan fingerprint density at radius 1 is 1.10 bits per heavy atom. The van der Waals surface area contributed by atoms with Crippen molar-refractivity contribution >= 4 is 12.6 Å². The lowest BCUT2D eigenvalue weighted by molar-refractivity contribution is -0.0560. The van der Waals surface area contributed by atoms with Gasteiger partial charge in [0.1, 0.15) is 0 Å². The summed E-state index contributed by atoms with van der Waals surface area (Å²) >= 11 is 4.79. The van der Waals surface area contributed by atoms with Crippen LogP contribution in [0.25, 0.3) is 0 Å². The zero-order chi connectivity index (χ0) is 21.0. The standard InChI is InChI=1S/C27H46OS/c1-17(2)7-6-8-18(3)21-11-12-22-20-10-9-19-15-24(28)25(29)16-27(19,5)23(20)13-14-26(21,22)4/h9,17-18,20-25,28-29H,6-8,10-16H2,1-5H3/t18-,20+,21-,22+,23+,24-,25?,26-,27+/m1/s1. The average molecular weight is 419 g/mol. The number of hydrogen-bond donors (Lipinski definition) is 2. The predicted octanol–water partition coefficient (Wildman–Crippen LogP) is 7.30. The monoisotopic (exact) mass is 418 g/mol. The molecule has 1 nitrogen and oxygen atoms in total. The molecule has 9 atom stereocenters. The van der Waals surface area contributed by atoms with Gasteiger partial charge < -0.3 is 5.11 Å². The zero-order valence-corrected chi connectivity index (χ0v) is 20.6. The van der Waals surface area contributed by atoms with E-state index in [1.807, 2.05) is 0 Å². The van der Waals surface area contributed by atoms with Gasteiger partial charge in [-0.25, -0.2) is 0 Å². The highest BCUT2D eigenvalue weighted by Crippen LogP contribution is 2.67. The summed E-state index contributed by atoms with van der Waals surface area (Å²) in [5, 5.41) is 10.6. The molecule has 0 saturated heterocycles. The second-order valence-corrected chi connectivity index (χ2v) is 13.0. The van der Waals surface area contributed by atoms with Crippen molar-refractivity contribution in [2.75, 3.05) is 0 Å². The highest BCUT2D eigenvalue weighted by Gasteiger charge is 2.59. The van der Waals surface area contributed by atoms with Gasteiger partial charge in [-0.2, -0.15) is 12.6 Å². The number of thiol groups is 1. The maximum atomic E-state index is 10.4. The molecular formula is C27H46OS. The third-order valence-electron chi connectivity index (χ3n) is 10.3. The number of aliphatic hydroxyl groups is 1. The van der Waals surface area contributed by atoms with Crippen LogP contribution in [0.2, 0.25) is 0 Å². The fourth-order valence-corrected chi connectivity index (χ4v) is 9.20. The molecule has 4 aliphatic carbocycles. The smallest absolute Gasteiger partial charge is 0.0693 e. The largest absolute Gasteiger partial charge is 0.392 e. The summed E-state index contributed by atoms with van der Waals surface area (Å²) in [5.41, 5.74) is 2.42. The minimum Gasteiger partial charge on any atom is -0.392 e. The number of aliphatic hydroxyl groups excluding tert-OH is 1. The highest BCUT2D eigenvalue weighted by molar-refractivity contribution is 7.81. The van der Waals surface area contributed by atoms with Crippen LogP contribution in [-0.4, -0.2) is 16.5 Å². The molecular weight excluding hydrogens is 372 g/mol. The quantitative estimate of drug-likeness (QED) is 0.354. The lowest BCUT2D eigenvalue weighted by Gasteiger charge is -2.59. The first-order valence-corrected chi connectivity index (χ1v) is 13.2. The second kappa shape index (κ2) is 8.19. The van der Waals surface area contributed by atoms with Crippen LogP contribution < -0.4 is 0 Å². The molecule has 4 aliphatic rings. The minimum absolute atomic E-state index is 0.154. The van der Waals surface area contributed by atoms with Gasteiger partial charge >= 0.3 is 0 Å². The molecule has 2 heteroatoms. The molecule has 0 aromatic carbocycles. The molecule has 0 aliphatic heterocycles. The van der Waals surface area contributed by atoms with E-state index in [1.54, 1.807) is 5.57 Å². The lowest BCUT2D eigenvalue weighted by atomic mass is 9.47. The Morgan fingerprint density at radius 3 is 2.59 bits per heavy atom. The van der Waals surface area contributed by atoms with Crippen molar-refractivity contribution in [2.45, 2.75) is 110 Å². The summed E-state index contributed by atoms with van der Waals surface area (Å²) in [7, 11) is 0. The molecule has 0 bridgehead atoms. The molecule has 29 heavy (non-hydrogen) atoms. The van der Waals surface area contributed by atoms with Crippen molar-refractivity contribution in [3.63, 3.8) is 0 Å². The third-order valence-corrected chi connectivity index (χ3v) is 10.9. The van der Waals surface area contributed by atoms with E-state index in [0.717, 1.165) is 48.3 Å². The van der Waals surface area contributed by atoms with Crippen LogP contribution in [0.15, 0.2) is 11.6 Å². The van der Waals surface area contributed by atoms with E-state index in [2.05, 4.69) is 40.7 Å². The summed E-state index contributed by atoms with van der Waals surface area (Å²) < 4.78 is 0. The van der Waals surface area contributed by atoms with Gasteiger partial charge in [0.15, 0.2) is 0 Å². The van der Waals surface area contributed by atoms with Gasteiger partial charge in [0.2, 0.25) is 0 Å². The molecule has 0 radical (unpaired) electrons. The van der Waals surface area contributed by atoms with Crippen LogP contribution in [-0.2, 0) is 0 Å². The minimum atomic E-state index is -0.245. The van der Waals surface area contributed by atoms with E-state index in [0.29, 0.717) is 5.41 Å². The van der Waals surface area contributed by atoms with Crippen LogP contribution in [0, 0.1) is 46.3 Å². The van der Waals surface area contributed by atoms with Gasteiger partial charge in [0.25, 0.3) is 0 Å². The number of hydrogen-bond acceptors (Lipinski definition) is 2. The first kappa shape index (κ1) is 22.3. The second-order valence-electron chi connectivity index (χ2n) is 12.3. The third kappa shape index (κ3) is 3.77. The summed E-state index contributed by atoms with van der Waals surface area (Å²) in [6.45, 7) is 12.5. The SMILES string of the molecule is CC(C)CCC[C@@H](C)[C@H]1CC[C@H]2[C@@H]3CC=C4C[C@@H](O)C(S)C[C@]4(C)[C@H]3CC[C@]12C. The molecule has 1 unspecified atom stereocenters. The topological polar surface area (TPSA) is 20.2 Å². The van der Waals surface area contributed by atoms with Crippen molar-refractivity contribution < 1.29 is 5.11 Å². The number of allylic oxidation sites excluding steroid dienone is 1. The highest BCUT2D eigenvalue weighted by atomic mass is 32.1. The van der Waals surface area contributed by atoms with Gasteiger partial charge in [0, 0.05) is 5.25 Å². The van der Waals surface area contributed by atoms with Gasteiger partial charge in [-0.3, -0.25) is 0 Å². The van der Waals surface area contributed by atoms with Crippen LogP contribution >= 0.6 is 12.6 Å². The molecule has 4 rings (SSSR count). The van der Waals surface area contributed by atoms with E-state index in [-0.39, 0.29) is 16.8 Å². The predicted molar refractivity (Wildman–Crippen MR) is 127 cm³/mol. The van der Waals surface area contributed by atoms with Gasteiger partial charge in [-0.1, -0.05) is 65.5 Å². The van der Waals surface area contributed by atoms with E-state index >= 15 is 0 Å². The van der Waals surface area contributed by atoms with Crippen molar-refractivity contribution in [1.82, 2.24) is 0 Å².